The van der Waals surface area contributed by atoms with Crippen LogP contribution in [0.15, 0.2) is 78.9 Å². The van der Waals surface area contributed by atoms with Gasteiger partial charge in [-0.3, -0.25) is 0 Å². The molecule has 0 aliphatic rings. The molecule has 0 aliphatic heterocycles. The molecule has 26 heavy (non-hydrogen) atoms. The Balaban J connectivity index is 1.59. The fourth-order valence-corrected chi connectivity index (χ4v) is 2.49. The second-order valence-electron chi connectivity index (χ2n) is 5.87. The van der Waals surface area contributed by atoms with Gasteiger partial charge in [0.1, 0.15) is 24.7 Å². The average molecular weight is 347 g/mol. The molecule has 3 aromatic carbocycles. The summed E-state index contributed by atoms with van der Waals surface area (Å²) in [6.07, 6.45) is 0. The van der Waals surface area contributed by atoms with Crippen molar-refractivity contribution in [2.75, 3.05) is 6.61 Å². The fourth-order valence-electron chi connectivity index (χ4n) is 2.49. The highest BCUT2D eigenvalue weighted by Gasteiger charge is 2.05. The van der Waals surface area contributed by atoms with Crippen molar-refractivity contribution in [1.29, 1.82) is 5.41 Å². The Bertz CT molecular complexity index is 862. The van der Waals surface area contributed by atoms with Crippen LogP contribution < -0.4 is 9.47 Å². The molecular weight excluding hydrogens is 326 g/mol. The number of aliphatic hydroxyl groups is 1. The minimum absolute atomic E-state index is 0.0323. The lowest BCUT2D eigenvalue weighted by molar-refractivity contribution is 0.280. The van der Waals surface area contributed by atoms with Gasteiger partial charge in [0.2, 0.25) is 0 Å². The van der Waals surface area contributed by atoms with Crippen molar-refractivity contribution >= 4 is 5.71 Å². The maximum atomic E-state index is 9.17. The monoisotopic (exact) mass is 347 g/mol. The van der Waals surface area contributed by atoms with E-state index in [9.17, 15) is 0 Å². The maximum absolute atomic E-state index is 9.17. The molecule has 0 atom stereocenters. The maximum Gasteiger partial charge on any atom is 0.130 e. The number of hydrogen-bond acceptors (Lipinski definition) is 4. The molecule has 0 aromatic heterocycles. The van der Waals surface area contributed by atoms with Crippen molar-refractivity contribution in [2.24, 2.45) is 0 Å². The van der Waals surface area contributed by atoms with Crippen molar-refractivity contribution in [2.45, 2.75) is 13.2 Å². The third kappa shape index (κ3) is 4.94. The van der Waals surface area contributed by atoms with Gasteiger partial charge in [0.15, 0.2) is 0 Å². The minimum Gasteiger partial charge on any atom is -0.489 e. The first-order valence-electron chi connectivity index (χ1n) is 8.42. The molecule has 0 spiro atoms. The highest BCUT2D eigenvalue weighted by Crippen LogP contribution is 2.17. The van der Waals surface area contributed by atoms with E-state index in [1.807, 2.05) is 72.8 Å². The van der Waals surface area contributed by atoms with Crippen LogP contribution in [0.25, 0.3) is 0 Å². The molecule has 0 aliphatic carbocycles. The summed E-state index contributed by atoms with van der Waals surface area (Å²) >= 11 is 0. The zero-order valence-corrected chi connectivity index (χ0v) is 14.4. The average Bonchev–Trinajstić information content (AvgIpc) is 2.71. The predicted octanol–water partition coefficient (Wildman–Crippen LogP) is 4.20. The molecule has 2 N–H and O–H groups in total. The summed E-state index contributed by atoms with van der Waals surface area (Å²) in [5.41, 5.74) is 3.00. The molecule has 4 heteroatoms. The smallest absolute Gasteiger partial charge is 0.130 e. The minimum atomic E-state index is -0.0323. The molecule has 0 unspecified atom stereocenters. The molecule has 0 radical (unpaired) electrons. The Morgan fingerprint density at radius 3 is 2.23 bits per heavy atom. The SMILES string of the molecule is N=C(COc1cccc(CO)c1)c1cccc(OCc2ccccc2)c1. The molecule has 0 fully saturated rings. The van der Waals surface area contributed by atoms with Gasteiger partial charge in [-0.1, -0.05) is 54.6 Å². The van der Waals surface area contributed by atoms with Crippen LogP contribution in [0.2, 0.25) is 0 Å². The molecule has 0 saturated heterocycles. The van der Waals surface area contributed by atoms with Crippen LogP contribution in [0.4, 0.5) is 0 Å². The topological polar surface area (TPSA) is 62.5 Å². The third-order valence-corrected chi connectivity index (χ3v) is 3.90. The van der Waals surface area contributed by atoms with Crippen molar-refractivity contribution < 1.29 is 14.6 Å². The van der Waals surface area contributed by atoms with E-state index in [1.165, 1.54) is 0 Å². The second kappa shape index (κ2) is 8.83. The van der Waals surface area contributed by atoms with Crippen molar-refractivity contribution in [1.82, 2.24) is 0 Å². The zero-order chi connectivity index (χ0) is 18.2. The van der Waals surface area contributed by atoms with Gasteiger partial charge in [-0.15, -0.1) is 0 Å². The van der Waals surface area contributed by atoms with Crippen LogP contribution in [-0.4, -0.2) is 17.4 Å². The molecule has 132 valence electrons. The molecular formula is C22H21NO3. The van der Waals surface area contributed by atoms with Crippen LogP contribution >= 0.6 is 0 Å². The highest BCUT2D eigenvalue weighted by molar-refractivity contribution is 5.99. The van der Waals surface area contributed by atoms with Crippen LogP contribution in [0.3, 0.4) is 0 Å². The van der Waals surface area contributed by atoms with Crippen LogP contribution in [0.1, 0.15) is 16.7 Å². The zero-order valence-electron chi connectivity index (χ0n) is 14.4. The molecule has 0 amide bonds. The summed E-state index contributed by atoms with van der Waals surface area (Å²) < 4.78 is 11.5. The van der Waals surface area contributed by atoms with E-state index < -0.39 is 0 Å². The van der Waals surface area contributed by atoms with Gasteiger partial charge >= 0.3 is 0 Å². The molecule has 0 heterocycles. The van der Waals surface area contributed by atoms with Gasteiger partial charge in [-0.05, 0) is 35.4 Å². The summed E-state index contributed by atoms with van der Waals surface area (Å²) in [6, 6.07) is 24.7. The lowest BCUT2D eigenvalue weighted by atomic mass is 10.1. The Hall–Kier alpha value is -3.11. The van der Waals surface area contributed by atoms with E-state index in [4.69, 9.17) is 20.0 Å². The van der Waals surface area contributed by atoms with E-state index in [0.29, 0.717) is 18.1 Å². The summed E-state index contributed by atoms with van der Waals surface area (Å²) in [7, 11) is 0. The number of rotatable bonds is 8. The Kier molecular flexibility index (Phi) is 6.01. The molecule has 3 aromatic rings. The van der Waals surface area contributed by atoms with E-state index in [2.05, 4.69) is 0 Å². The standard InChI is InChI=1S/C22H21NO3/c23-22(16-26-20-10-4-8-18(12-20)14-24)19-9-5-11-21(13-19)25-15-17-6-2-1-3-7-17/h1-13,23-24H,14-16H2. The van der Waals surface area contributed by atoms with Crippen LogP contribution in [0.5, 0.6) is 11.5 Å². The Morgan fingerprint density at radius 1 is 0.769 bits per heavy atom. The van der Waals surface area contributed by atoms with Gasteiger partial charge in [-0.25, -0.2) is 0 Å². The first kappa shape index (κ1) is 17.7. The van der Waals surface area contributed by atoms with E-state index in [1.54, 1.807) is 6.07 Å². The molecule has 0 bridgehead atoms. The normalized spacial score (nSPS) is 10.3. The first-order valence-corrected chi connectivity index (χ1v) is 8.42. The summed E-state index contributed by atoms with van der Waals surface area (Å²) in [6.45, 7) is 0.606. The first-order chi connectivity index (χ1) is 12.7. The summed E-state index contributed by atoms with van der Waals surface area (Å²) in [5.74, 6) is 1.36. The van der Waals surface area contributed by atoms with Crippen molar-refractivity contribution in [3.05, 3.63) is 95.6 Å². The van der Waals surface area contributed by atoms with Crippen molar-refractivity contribution in [3.63, 3.8) is 0 Å². The van der Waals surface area contributed by atoms with Gasteiger partial charge in [0, 0.05) is 5.56 Å². The molecule has 0 saturated carbocycles. The largest absolute Gasteiger partial charge is 0.489 e. The summed E-state index contributed by atoms with van der Waals surface area (Å²) in [5, 5.41) is 17.4. The number of aliphatic hydroxyl groups excluding tert-OH is 1. The van der Waals surface area contributed by atoms with E-state index >= 15 is 0 Å². The van der Waals surface area contributed by atoms with Gasteiger partial charge in [-0.2, -0.15) is 0 Å². The third-order valence-electron chi connectivity index (χ3n) is 3.90. The Labute approximate surface area is 153 Å². The van der Waals surface area contributed by atoms with Gasteiger partial charge in [0.05, 0.1) is 12.3 Å². The lowest BCUT2D eigenvalue weighted by Crippen LogP contribution is -2.12. The van der Waals surface area contributed by atoms with Crippen LogP contribution in [-0.2, 0) is 13.2 Å². The van der Waals surface area contributed by atoms with Gasteiger partial charge in [0.25, 0.3) is 0 Å². The van der Waals surface area contributed by atoms with E-state index in [0.717, 1.165) is 22.4 Å². The number of benzene rings is 3. The highest BCUT2D eigenvalue weighted by atomic mass is 16.5. The van der Waals surface area contributed by atoms with Gasteiger partial charge < -0.3 is 20.0 Å². The lowest BCUT2D eigenvalue weighted by Gasteiger charge is -2.11. The summed E-state index contributed by atoms with van der Waals surface area (Å²) in [4.78, 5) is 0. The Morgan fingerprint density at radius 2 is 1.46 bits per heavy atom. The quantitative estimate of drug-likeness (QED) is 0.600. The number of ether oxygens (including phenoxy) is 2. The predicted molar refractivity (Wildman–Crippen MR) is 102 cm³/mol. The number of nitrogens with one attached hydrogen (secondary N) is 1. The van der Waals surface area contributed by atoms with Crippen molar-refractivity contribution in [3.8, 4) is 11.5 Å². The van der Waals surface area contributed by atoms with Crippen LogP contribution in [0, 0.1) is 5.41 Å². The number of hydrogen-bond donors (Lipinski definition) is 2. The fraction of sp³-hybridized carbons (Fsp3) is 0.136. The second-order valence-corrected chi connectivity index (χ2v) is 5.87. The molecule has 4 nitrogen and oxygen atoms in total. The molecule has 3 rings (SSSR count). The van der Waals surface area contributed by atoms with E-state index in [-0.39, 0.29) is 13.2 Å².